The first-order chi connectivity index (χ1) is 45.2. The minimum atomic E-state index is -4.80. The van der Waals surface area contributed by atoms with Crippen LogP contribution in [-0.2, 0) is 105 Å². The topological polar surface area (TPSA) is 593 Å². The molecule has 0 amide bonds. The highest BCUT2D eigenvalue weighted by molar-refractivity contribution is 7.52. The summed E-state index contributed by atoms with van der Waals surface area (Å²) in [4.78, 5) is 211. The summed E-state index contributed by atoms with van der Waals surface area (Å²) in [5.41, 5.74) is 5.50. The van der Waals surface area contributed by atoms with Gasteiger partial charge in [0.1, 0.15) is 31.3 Å². The van der Waals surface area contributed by atoms with Crippen molar-refractivity contribution < 1.29 is 151 Å². The number of likely N-dealkylation sites (N-methyl/N-ethyl adjacent to an activating group) is 4. The molecule has 3 unspecified atom stereocenters. The van der Waals surface area contributed by atoms with Gasteiger partial charge in [0.15, 0.2) is 0 Å². The molecule has 0 radical (unpaired) electrons. The maximum Gasteiger partial charge on any atom is 0.373 e. The Morgan fingerprint density at radius 2 is 0.927 bits per heavy atom. The van der Waals surface area contributed by atoms with Crippen molar-refractivity contribution in [2.45, 2.75) is 63.3 Å². The summed E-state index contributed by atoms with van der Waals surface area (Å²) < 4.78 is 25.8. The van der Waals surface area contributed by atoms with Crippen molar-refractivity contribution in [1.29, 1.82) is 0 Å². The third-order valence-electron chi connectivity index (χ3n) is 13.0. The van der Waals surface area contributed by atoms with Crippen molar-refractivity contribution in [2.24, 2.45) is 5.73 Å². The van der Waals surface area contributed by atoms with Crippen molar-refractivity contribution in [3.63, 3.8) is 0 Å². The second-order valence-corrected chi connectivity index (χ2v) is 22.0. The quantitative estimate of drug-likeness (QED) is 0.00892. The van der Waals surface area contributed by atoms with E-state index < -0.39 is 80.3 Å². The molecule has 96 heavy (non-hydrogen) atoms. The molecule has 552 valence electrons. The molecule has 0 aromatic carbocycles. The van der Waals surface area contributed by atoms with Crippen LogP contribution in [0, 0.1) is 0 Å². The predicted octanol–water partition coefficient (Wildman–Crippen LogP) is -6.24. The van der Waals surface area contributed by atoms with Crippen LogP contribution in [0.15, 0.2) is 0 Å². The van der Waals surface area contributed by atoms with Gasteiger partial charge < -0.3 is 80.2 Å². The zero-order chi connectivity index (χ0) is 75.0. The Balaban J connectivity index is -0.000000294. The molecule has 1 aliphatic heterocycles. The van der Waals surface area contributed by atoms with Gasteiger partial charge in [-0.3, -0.25) is 81.9 Å². The maximum absolute atomic E-state index is 12.1. The van der Waals surface area contributed by atoms with Crippen LogP contribution in [-0.4, -0.2) is 390 Å². The molecule has 42 nitrogen and oxygen atoms in total. The summed E-state index contributed by atoms with van der Waals surface area (Å²) in [6.45, 7) is 8.07. The molecular formula is C53H94N11O31P. The highest BCUT2D eigenvalue weighted by Gasteiger charge is 2.35. The van der Waals surface area contributed by atoms with Gasteiger partial charge in [0.2, 0.25) is 0 Å². The number of carbonyl (C=O) groups excluding carboxylic acids is 11. The van der Waals surface area contributed by atoms with Crippen LogP contribution in [0.1, 0.15) is 45.4 Å². The zero-order valence-corrected chi connectivity index (χ0v) is 55.3. The van der Waals surface area contributed by atoms with Crippen LogP contribution in [0.5, 0.6) is 0 Å². The molecule has 0 aromatic heterocycles. The van der Waals surface area contributed by atoms with Crippen molar-refractivity contribution in [2.75, 3.05) is 192 Å². The fourth-order valence-corrected chi connectivity index (χ4v) is 9.43. The van der Waals surface area contributed by atoms with Crippen LogP contribution in [0.2, 0.25) is 0 Å². The second-order valence-electron chi connectivity index (χ2n) is 20.2. The average Bonchev–Trinajstić information content (AvgIpc) is 0.872. The van der Waals surface area contributed by atoms with E-state index in [9.17, 15) is 72.5 Å². The molecule has 0 aliphatic carbocycles. The maximum atomic E-state index is 12.1. The highest BCUT2D eigenvalue weighted by Crippen LogP contribution is 2.44. The number of carboxylic acids is 7. The lowest BCUT2D eigenvalue weighted by Gasteiger charge is -2.34. The summed E-state index contributed by atoms with van der Waals surface area (Å²) in [6.07, 6.45) is 2.68. The zero-order valence-electron chi connectivity index (χ0n) is 54.4. The number of hydrogen-bond acceptors (Lipinski definition) is 33. The SMILES string of the molecule is CCN(CCN(CCN(C)C)C(CCCCN)C(=O)O)CC(=O)O.CN1CCN(C)CCN(C(CCC(=O)O)C(=O)O)CCN(CC(=O)O)CC1.O=C=O.O=C=O.O=C=O.O=C=O.O=COCCC(N(CCN(COC=O)COC=O)CCN(CC(=O)O)CC(=O)O)P(=O)(O)O. The van der Waals surface area contributed by atoms with Gasteiger partial charge in [0.05, 0.1) is 32.8 Å². The molecule has 1 rings (SSSR count). The Hall–Kier alpha value is -8.07. The van der Waals surface area contributed by atoms with Crippen molar-refractivity contribution >= 4 is 93.4 Å². The van der Waals surface area contributed by atoms with Crippen LogP contribution >= 0.6 is 7.60 Å². The van der Waals surface area contributed by atoms with E-state index in [4.69, 9.17) is 69.6 Å². The largest absolute Gasteiger partial charge is 0.481 e. The van der Waals surface area contributed by atoms with E-state index in [0.29, 0.717) is 71.9 Å². The standard InChI is InChI=1S/C17H32N4O6.C16H34N4O4.C16H28N3O13P.4CO2/c1-18-5-6-19(2)8-11-21(14(17(26)27)3-4-15(22)23)12-10-20(9-7-18)13-16(24)25;1-4-19(13-15(21)22)10-12-20(11-9-18(2)3)14(16(23)24)7-5-6-8-17;20-11-30-6-1-14(33(27,28)29)19(4-2-17(7-15(23)24)8-16(25)26)5-3-18(9-31-12-21)10-32-13-22;4*2-1-3/h14H,3-13H2,1-2H3,(H,22,23)(H,24,25)(H,26,27);14H,4-13,17H2,1-3H3,(H,21,22)(H,23,24);11-14H,1-10H2,(H,23,24)(H,25,26)(H2,27,28,29);;;;. The molecule has 0 aromatic rings. The molecule has 0 spiro atoms. The number of rotatable bonds is 44. The lowest BCUT2D eigenvalue weighted by Crippen LogP contribution is -2.50. The Labute approximate surface area is 553 Å². The van der Waals surface area contributed by atoms with Crippen molar-refractivity contribution in [3.05, 3.63) is 0 Å². The lowest BCUT2D eigenvalue weighted by atomic mass is 10.1. The number of carboxylic acid groups (broad SMARTS) is 7. The van der Waals surface area contributed by atoms with E-state index in [-0.39, 0.29) is 123 Å². The third kappa shape index (κ3) is 63.3. The number of carbonyl (C=O) groups is 10. The van der Waals surface area contributed by atoms with Gasteiger partial charge in [-0.1, -0.05) is 13.3 Å². The smallest absolute Gasteiger partial charge is 0.373 e. The van der Waals surface area contributed by atoms with Gasteiger partial charge in [0, 0.05) is 118 Å². The van der Waals surface area contributed by atoms with Crippen LogP contribution in [0.4, 0.5) is 0 Å². The fourth-order valence-electron chi connectivity index (χ4n) is 8.33. The van der Waals surface area contributed by atoms with Gasteiger partial charge in [-0.2, -0.15) is 38.4 Å². The normalized spacial score (nSPS) is 13.8. The van der Waals surface area contributed by atoms with Gasteiger partial charge in [-0.05, 0) is 60.5 Å². The Morgan fingerprint density at radius 3 is 1.32 bits per heavy atom. The first-order valence-electron chi connectivity index (χ1n) is 28.8. The lowest BCUT2D eigenvalue weighted by molar-refractivity contribution is -0.193. The molecule has 3 atom stereocenters. The highest BCUT2D eigenvalue weighted by atomic mass is 31.2. The molecule has 43 heteroatoms. The van der Waals surface area contributed by atoms with E-state index >= 15 is 0 Å². The molecular weight excluding hydrogens is 1320 g/mol. The summed E-state index contributed by atoms with van der Waals surface area (Å²) in [5.74, 6) is -8.74. The minimum absolute atomic E-state index is 0.0232. The van der Waals surface area contributed by atoms with Crippen molar-refractivity contribution in [3.8, 4) is 0 Å². The molecule has 1 fully saturated rings. The van der Waals surface area contributed by atoms with E-state index in [1.54, 1.807) is 9.80 Å². The Morgan fingerprint density at radius 1 is 0.521 bits per heavy atom. The number of hydrogen-bond donors (Lipinski definition) is 10. The van der Waals surface area contributed by atoms with Gasteiger partial charge in [-0.25, -0.2) is 4.90 Å². The Bertz CT molecular complexity index is 2280. The molecule has 11 N–H and O–H groups in total. The minimum Gasteiger partial charge on any atom is -0.481 e. The first-order valence-corrected chi connectivity index (χ1v) is 30.5. The molecule has 1 aliphatic rings. The van der Waals surface area contributed by atoms with E-state index in [1.807, 2.05) is 49.8 Å². The number of unbranched alkanes of at least 4 members (excludes halogenated alkanes) is 1. The van der Waals surface area contributed by atoms with E-state index in [0.717, 1.165) is 43.9 Å². The predicted molar refractivity (Wildman–Crippen MR) is 320 cm³/mol. The number of nitrogens with two attached hydrogens (primary N) is 1. The summed E-state index contributed by atoms with van der Waals surface area (Å²) in [5, 5.41) is 64.1. The third-order valence-corrected chi connectivity index (χ3v) is 14.4. The van der Waals surface area contributed by atoms with E-state index in [1.165, 1.54) is 9.80 Å². The summed E-state index contributed by atoms with van der Waals surface area (Å²) >= 11 is 0. The van der Waals surface area contributed by atoms with Crippen LogP contribution in [0.25, 0.3) is 0 Å². The molecule has 0 saturated carbocycles. The van der Waals surface area contributed by atoms with Crippen LogP contribution < -0.4 is 5.73 Å². The molecule has 1 saturated heterocycles. The fraction of sp³-hybridized carbons (Fsp3) is 0.736. The van der Waals surface area contributed by atoms with Gasteiger partial charge in [0.25, 0.3) is 19.4 Å². The first kappa shape index (κ1) is 99.0. The monoisotopic (exact) mass is 1410 g/mol. The van der Waals surface area contributed by atoms with Crippen LogP contribution in [0.3, 0.4) is 0 Å². The summed E-state index contributed by atoms with van der Waals surface area (Å²) in [7, 11) is 3.07. The second kappa shape index (κ2) is 65.6. The van der Waals surface area contributed by atoms with Crippen molar-refractivity contribution in [1.82, 2.24) is 49.0 Å². The average molecular weight is 1410 g/mol. The summed E-state index contributed by atoms with van der Waals surface area (Å²) in [6, 6.07) is -1.45. The van der Waals surface area contributed by atoms with Gasteiger partial charge >= 0.3 is 74.0 Å². The number of aliphatic carboxylic acids is 7. The van der Waals surface area contributed by atoms with E-state index in [2.05, 4.69) is 24.0 Å². The number of ether oxygens (including phenoxy) is 3. The molecule has 0 bridgehead atoms. The Kier molecular flexibility index (Phi) is 67.6. The molecule has 1 heterocycles. The van der Waals surface area contributed by atoms with Gasteiger partial charge in [-0.15, -0.1) is 0 Å². The number of nitrogens with zero attached hydrogens (tertiary/aromatic N) is 10.